The number of ether oxygens (including phenoxy) is 1. The van der Waals surface area contributed by atoms with Crippen molar-refractivity contribution in [1.29, 1.82) is 0 Å². The normalized spacial score (nSPS) is 12.4. The van der Waals surface area contributed by atoms with Gasteiger partial charge in [0.05, 0.1) is 17.6 Å². The van der Waals surface area contributed by atoms with Crippen molar-refractivity contribution in [3.05, 3.63) is 39.7 Å². The van der Waals surface area contributed by atoms with E-state index in [-0.39, 0.29) is 24.4 Å². The highest BCUT2D eigenvalue weighted by atomic mass is 19.1. The van der Waals surface area contributed by atoms with E-state index in [0.29, 0.717) is 13.0 Å². The first-order valence-electron chi connectivity index (χ1n) is 5.85. The van der Waals surface area contributed by atoms with Crippen LogP contribution in [0.25, 0.3) is 0 Å². The molecule has 1 aromatic carbocycles. The second-order valence-electron chi connectivity index (χ2n) is 4.10. The Labute approximate surface area is 110 Å². The van der Waals surface area contributed by atoms with E-state index in [2.05, 4.69) is 5.32 Å². The number of benzene rings is 1. The summed E-state index contributed by atoms with van der Waals surface area (Å²) >= 11 is 0. The zero-order chi connectivity index (χ0) is 14.3. The van der Waals surface area contributed by atoms with Gasteiger partial charge in [-0.1, -0.05) is 0 Å². The van der Waals surface area contributed by atoms with Crippen molar-refractivity contribution >= 4 is 5.69 Å². The monoisotopic (exact) mass is 272 g/mol. The van der Waals surface area contributed by atoms with Gasteiger partial charge in [-0.05, 0) is 25.1 Å². The van der Waals surface area contributed by atoms with Gasteiger partial charge in [0.2, 0.25) is 0 Å². The molecule has 0 aliphatic rings. The lowest BCUT2D eigenvalue weighted by molar-refractivity contribution is -0.385. The predicted octanol–water partition coefficient (Wildman–Crippen LogP) is 1.22. The highest BCUT2D eigenvalue weighted by Gasteiger charge is 2.13. The molecule has 0 bridgehead atoms. The summed E-state index contributed by atoms with van der Waals surface area (Å²) in [5.41, 5.74) is 0.164. The SMILES string of the molecule is COCC(O)CCNCc1cc(F)ccc1[N+](=O)[O-]. The number of rotatable bonds is 8. The van der Waals surface area contributed by atoms with Gasteiger partial charge < -0.3 is 15.2 Å². The van der Waals surface area contributed by atoms with Crippen LogP contribution in [0.15, 0.2) is 18.2 Å². The smallest absolute Gasteiger partial charge is 0.274 e. The molecule has 0 fully saturated rings. The molecule has 0 amide bonds. The summed E-state index contributed by atoms with van der Waals surface area (Å²) in [5, 5.41) is 23.1. The van der Waals surface area contributed by atoms with E-state index in [0.717, 1.165) is 18.2 Å². The van der Waals surface area contributed by atoms with Crippen LogP contribution in [0.3, 0.4) is 0 Å². The van der Waals surface area contributed by atoms with Crippen molar-refractivity contribution in [2.24, 2.45) is 0 Å². The molecular weight excluding hydrogens is 255 g/mol. The molecule has 0 aliphatic carbocycles. The quantitative estimate of drug-likeness (QED) is 0.422. The third kappa shape index (κ3) is 5.29. The summed E-state index contributed by atoms with van der Waals surface area (Å²) in [4.78, 5) is 10.2. The van der Waals surface area contributed by atoms with E-state index in [1.54, 1.807) is 0 Å². The maximum atomic E-state index is 13.0. The highest BCUT2D eigenvalue weighted by molar-refractivity contribution is 5.40. The fourth-order valence-corrected chi connectivity index (χ4v) is 1.64. The second-order valence-corrected chi connectivity index (χ2v) is 4.10. The van der Waals surface area contributed by atoms with Crippen molar-refractivity contribution < 1.29 is 19.2 Å². The van der Waals surface area contributed by atoms with Gasteiger partial charge in [0, 0.05) is 25.3 Å². The van der Waals surface area contributed by atoms with Gasteiger partial charge in [-0.3, -0.25) is 10.1 Å². The van der Waals surface area contributed by atoms with Crippen LogP contribution in [0, 0.1) is 15.9 Å². The third-order valence-electron chi connectivity index (χ3n) is 2.57. The van der Waals surface area contributed by atoms with Gasteiger partial charge in [0.15, 0.2) is 0 Å². The number of nitrogens with zero attached hydrogens (tertiary/aromatic N) is 1. The average Bonchev–Trinajstić information content (AvgIpc) is 2.34. The van der Waals surface area contributed by atoms with Gasteiger partial charge in [-0.15, -0.1) is 0 Å². The van der Waals surface area contributed by atoms with Gasteiger partial charge in [-0.2, -0.15) is 0 Å². The topological polar surface area (TPSA) is 84.6 Å². The molecule has 2 N–H and O–H groups in total. The molecule has 0 aromatic heterocycles. The number of nitrogens with one attached hydrogen (secondary N) is 1. The maximum absolute atomic E-state index is 13.0. The Morgan fingerprint density at radius 2 is 2.32 bits per heavy atom. The molecule has 6 nitrogen and oxygen atoms in total. The van der Waals surface area contributed by atoms with Crippen LogP contribution in [0.4, 0.5) is 10.1 Å². The summed E-state index contributed by atoms with van der Waals surface area (Å²) in [6, 6.07) is 3.34. The van der Waals surface area contributed by atoms with E-state index in [1.807, 2.05) is 0 Å². The predicted molar refractivity (Wildman–Crippen MR) is 67.3 cm³/mol. The molecule has 7 heteroatoms. The van der Waals surface area contributed by atoms with Gasteiger partial charge in [0.1, 0.15) is 5.82 Å². The first-order valence-corrected chi connectivity index (χ1v) is 5.85. The largest absolute Gasteiger partial charge is 0.391 e. The zero-order valence-corrected chi connectivity index (χ0v) is 10.6. The lowest BCUT2D eigenvalue weighted by atomic mass is 10.1. The Balaban J connectivity index is 2.48. The molecule has 1 aromatic rings. The molecule has 0 saturated carbocycles. The molecule has 0 spiro atoms. The van der Waals surface area contributed by atoms with Crippen LogP contribution in [0.1, 0.15) is 12.0 Å². The van der Waals surface area contributed by atoms with Crippen molar-refractivity contribution in [2.45, 2.75) is 19.1 Å². The van der Waals surface area contributed by atoms with Crippen LogP contribution in [0.2, 0.25) is 0 Å². The van der Waals surface area contributed by atoms with Crippen LogP contribution >= 0.6 is 0 Å². The fraction of sp³-hybridized carbons (Fsp3) is 0.500. The lowest BCUT2D eigenvalue weighted by Gasteiger charge is -2.10. The summed E-state index contributed by atoms with van der Waals surface area (Å²) in [6.45, 7) is 0.869. The molecule has 0 aliphatic heterocycles. The highest BCUT2D eigenvalue weighted by Crippen LogP contribution is 2.19. The number of methoxy groups -OCH3 is 1. The number of halogens is 1. The lowest BCUT2D eigenvalue weighted by Crippen LogP contribution is -2.23. The van der Waals surface area contributed by atoms with Crippen molar-refractivity contribution in [1.82, 2.24) is 5.32 Å². The van der Waals surface area contributed by atoms with Crippen LogP contribution in [0.5, 0.6) is 0 Å². The van der Waals surface area contributed by atoms with Crippen LogP contribution in [-0.4, -0.2) is 36.4 Å². The van der Waals surface area contributed by atoms with Crippen LogP contribution < -0.4 is 5.32 Å². The average molecular weight is 272 g/mol. The first kappa shape index (κ1) is 15.5. The number of aliphatic hydroxyl groups excluding tert-OH is 1. The summed E-state index contributed by atoms with van der Waals surface area (Å²) in [6.07, 6.45) is -0.128. The Kier molecular flexibility index (Phi) is 6.34. The second kappa shape index (κ2) is 7.78. The minimum atomic E-state index is -0.583. The molecule has 0 radical (unpaired) electrons. The molecule has 1 unspecified atom stereocenters. The maximum Gasteiger partial charge on any atom is 0.274 e. The van der Waals surface area contributed by atoms with Crippen molar-refractivity contribution in [3.63, 3.8) is 0 Å². The van der Waals surface area contributed by atoms with E-state index in [4.69, 9.17) is 4.74 Å². The van der Waals surface area contributed by atoms with Gasteiger partial charge in [0.25, 0.3) is 5.69 Å². The molecule has 1 rings (SSSR count). The minimum Gasteiger partial charge on any atom is -0.391 e. The molecule has 19 heavy (non-hydrogen) atoms. The third-order valence-corrected chi connectivity index (χ3v) is 2.57. The van der Waals surface area contributed by atoms with E-state index in [1.165, 1.54) is 7.11 Å². The molecule has 1 atom stereocenters. The Hall–Kier alpha value is -1.57. The molecule has 0 heterocycles. The number of hydrogen-bond acceptors (Lipinski definition) is 5. The minimum absolute atomic E-state index is 0.119. The van der Waals surface area contributed by atoms with E-state index >= 15 is 0 Å². The van der Waals surface area contributed by atoms with Crippen molar-refractivity contribution in [2.75, 3.05) is 20.3 Å². The number of nitro groups is 1. The van der Waals surface area contributed by atoms with Crippen molar-refractivity contribution in [3.8, 4) is 0 Å². The Morgan fingerprint density at radius 3 is 2.95 bits per heavy atom. The van der Waals surface area contributed by atoms with E-state index < -0.39 is 16.8 Å². The Morgan fingerprint density at radius 1 is 1.58 bits per heavy atom. The first-order chi connectivity index (χ1) is 9.04. The Bertz CT molecular complexity index is 428. The standard InChI is InChI=1S/C12H17FN2O4/c1-19-8-11(16)4-5-14-7-9-6-10(13)2-3-12(9)15(17)18/h2-3,6,11,14,16H,4-5,7-8H2,1H3. The van der Waals surface area contributed by atoms with Gasteiger partial charge in [-0.25, -0.2) is 4.39 Å². The zero-order valence-electron chi connectivity index (χ0n) is 10.6. The van der Waals surface area contributed by atoms with Crippen LogP contribution in [-0.2, 0) is 11.3 Å². The molecule has 0 saturated heterocycles. The summed E-state index contributed by atoms with van der Waals surface area (Å²) in [7, 11) is 1.49. The number of aliphatic hydroxyl groups is 1. The number of nitro benzene ring substituents is 1. The van der Waals surface area contributed by atoms with E-state index in [9.17, 15) is 19.6 Å². The fourth-order valence-electron chi connectivity index (χ4n) is 1.64. The summed E-state index contributed by atoms with van der Waals surface area (Å²) < 4.78 is 17.8. The summed E-state index contributed by atoms with van der Waals surface area (Å²) in [5.74, 6) is -0.512. The molecule has 106 valence electrons. The number of hydrogen-bond donors (Lipinski definition) is 2. The van der Waals surface area contributed by atoms with Gasteiger partial charge >= 0.3 is 0 Å². The molecular formula is C12H17FN2O4.